The predicted octanol–water partition coefficient (Wildman–Crippen LogP) is 2.38. The van der Waals surface area contributed by atoms with Crippen LogP contribution in [0.5, 0.6) is 0 Å². The molecule has 0 bridgehead atoms. The topological polar surface area (TPSA) is 72.6 Å². The van der Waals surface area contributed by atoms with E-state index < -0.39 is 12.1 Å². The van der Waals surface area contributed by atoms with Crippen molar-refractivity contribution in [3.8, 4) is 0 Å². The number of esters is 1. The number of aromatic nitrogens is 1. The molecule has 1 N–H and O–H groups in total. The first-order chi connectivity index (χ1) is 8.80. The number of ether oxygens (including phenoxy) is 1. The molecule has 0 aromatic carbocycles. The number of aliphatic hydroxyl groups is 1. The number of nitrogens with zero attached hydrogens (tertiary/aromatic N) is 1. The van der Waals surface area contributed by atoms with Crippen LogP contribution >= 0.6 is 11.8 Å². The van der Waals surface area contributed by atoms with Gasteiger partial charge in [-0.1, -0.05) is 32.5 Å². The van der Waals surface area contributed by atoms with Gasteiger partial charge in [0.15, 0.2) is 0 Å². The fourth-order valence-electron chi connectivity index (χ4n) is 1.18. The molecule has 6 heteroatoms. The molecular weight excluding hydrogens is 266 g/mol. The standard InChI is InChI=1S/C13H21NO4S/c1-9(15)11(16)17-6-5-7-19-12-14-8-10(18-12)13(2,3)4/h8-9,15H,5-7H2,1-4H3/t9-/m0/s1. The minimum absolute atomic E-state index is 0.0431. The minimum Gasteiger partial charge on any atom is -0.464 e. The van der Waals surface area contributed by atoms with E-state index in [0.717, 1.165) is 11.5 Å². The lowest BCUT2D eigenvalue weighted by atomic mass is 9.94. The van der Waals surface area contributed by atoms with E-state index in [-0.39, 0.29) is 5.41 Å². The Morgan fingerprint density at radius 2 is 2.26 bits per heavy atom. The predicted molar refractivity (Wildman–Crippen MR) is 73.2 cm³/mol. The summed E-state index contributed by atoms with van der Waals surface area (Å²) in [5.74, 6) is 1.02. The van der Waals surface area contributed by atoms with Gasteiger partial charge in [0.1, 0.15) is 11.9 Å². The van der Waals surface area contributed by atoms with Gasteiger partial charge >= 0.3 is 5.97 Å². The van der Waals surface area contributed by atoms with E-state index in [9.17, 15) is 4.79 Å². The molecule has 0 saturated heterocycles. The van der Waals surface area contributed by atoms with Crippen molar-refractivity contribution < 1.29 is 19.1 Å². The highest BCUT2D eigenvalue weighted by Gasteiger charge is 2.19. The number of hydrogen-bond acceptors (Lipinski definition) is 6. The van der Waals surface area contributed by atoms with Gasteiger partial charge in [0.2, 0.25) is 0 Å². The summed E-state index contributed by atoms with van der Waals surface area (Å²) in [4.78, 5) is 15.2. The van der Waals surface area contributed by atoms with Crippen molar-refractivity contribution in [1.29, 1.82) is 0 Å². The molecule has 0 aliphatic rings. The van der Waals surface area contributed by atoms with Crippen LogP contribution in [0, 0.1) is 0 Å². The third-order valence-electron chi connectivity index (χ3n) is 2.32. The van der Waals surface area contributed by atoms with Gasteiger partial charge in [0.05, 0.1) is 12.8 Å². The second-order valence-electron chi connectivity index (χ2n) is 5.29. The lowest BCUT2D eigenvalue weighted by Gasteiger charge is -2.12. The lowest BCUT2D eigenvalue weighted by Crippen LogP contribution is -2.19. The van der Waals surface area contributed by atoms with E-state index in [1.165, 1.54) is 18.7 Å². The van der Waals surface area contributed by atoms with Crippen LogP contribution in [0.2, 0.25) is 0 Å². The summed E-state index contributed by atoms with van der Waals surface area (Å²) < 4.78 is 10.5. The lowest BCUT2D eigenvalue weighted by molar-refractivity contribution is -0.152. The van der Waals surface area contributed by atoms with E-state index in [0.29, 0.717) is 18.3 Å². The molecule has 0 aliphatic heterocycles. The van der Waals surface area contributed by atoms with Crippen LogP contribution < -0.4 is 0 Å². The molecule has 0 saturated carbocycles. The molecule has 0 amide bonds. The Labute approximate surface area is 117 Å². The van der Waals surface area contributed by atoms with Crippen molar-refractivity contribution >= 4 is 17.7 Å². The highest BCUT2D eigenvalue weighted by Crippen LogP contribution is 2.26. The van der Waals surface area contributed by atoms with Crippen LogP contribution in [0.3, 0.4) is 0 Å². The van der Waals surface area contributed by atoms with Gasteiger partial charge in [-0.05, 0) is 13.3 Å². The Balaban J connectivity index is 2.23. The van der Waals surface area contributed by atoms with Crippen LogP contribution in [0.4, 0.5) is 0 Å². The molecular formula is C13H21NO4S. The zero-order valence-corrected chi connectivity index (χ0v) is 12.6. The molecule has 0 fully saturated rings. The summed E-state index contributed by atoms with van der Waals surface area (Å²) in [5, 5.41) is 9.56. The number of oxazole rings is 1. The summed E-state index contributed by atoms with van der Waals surface area (Å²) in [6.07, 6.45) is 1.38. The normalized spacial score (nSPS) is 13.3. The first-order valence-corrected chi connectivity index (χ1v) is 7.23. The monoisotopic (exact) mass is 287 g/mol. The summed E-state index contributed by atoms with van der Waals surface area (Å²) in [5.41, 5.74) is -0.0431. The molecule has 0 radical (unpaired) electrons. The van der Waals surface area contributed by atoms with Crippen molar-refractivity contribution in [2.75, 3.05) is 12.4 Å². The summed E-state index contributed by atoms with van der Waals surface area (Å²) in [6, 6.07) is 0. The van der Waals surface area contributed by atoms with Gasteiger partial charge in [-0.15, -0.1) is 0 Å². The molecule has 1 heterocycles. The Morgan fingerprint density at radius 1 is 1.58 bits per heavy atom. The van der Waals surface area contributed by atoms with E-state index in [1.54, 1.807) is 6.20 Å². The Hall–Kier alpha value is -1.01. The fraction of sp³-hybridized carbons (Fsp3) is 0.692. The van der Waals surface area contributed by atoms with Gasteiger partial charge in [-0.3, -0.25) is 0 Å². The molecule has 0 unspecified atom stereocenters. The van der Waals surface area contributed by atoms with Crippen molar-refractivity contribution in [1.82, 2.24) is 4.98 Å². The fourth-order valence-corrected chi connectivity index (χ4v) is 1.90. The number of hydrogen-bond donors (Lipinski definition) is 1. The molecule has 1 aromatic heterocycles. The van der Waals surface area contributed by atoms with Gasteiger partial charge < -0.3 is 14.3 Å². The van der Waals surface area contributed by atoms with Crippen LogP contribution in [0.1, 0.15) is 39.9 Å². The maximum absolute atomic E-state index is 11.0. The summed E-state index contributed by atoms with van der Waals surface area (Å²) in [7, 11) is 0. The molecule has 0 spiro atoms. The van der Waals surface area contributed by atoms with Crippen molar-refractivity contribution in [2.24, 2.45) is 0 Å². The zero-order valence-electron chi connectivity index (χ0n) is 11.8. The average Bonchev–Trinajstić information content (AvgIpc) is 2.76. The van der Waals surface area contributed by atoms with Crippen LogP contribution in [0.15, 0.2) is 15.8 Å². The van der Waals surface area contributed by atoms with Crippen molar-refractivity contribution in [3.63, 3.8) is 0 Å². The van der Waals surface area contributed by atoms with Crippen molar-refractivity contribution in [2.45, 2.75) is 50.9 Å². The summed E-state index contributed by atoms with van der Waals surface area (Å²) in [6.45, 7) is 7.88. The van der Waals surface area contributed by atoms with Gasteiger partial charge in [-0.25, -0.2) is 9.78 Å². The Kier molecular flexibility index (Phi) is 5.87. The average molecular weight is 287 g/mol. The van der Waals surface area contributed by atoms with Crippen LogP contribution in [-0.2, 0) is 14.9 Å². The smallest absolute Gasteiger partial charge is 0.334 e. The van der Waals surface area contributed by atoms with E-state index in [2.05, 4.69) is 25.8 Å². The largest absolute Gasteiger partial charge is 0.464 e. The number of carbonyl (C=O) groups is 1. The van der Waals surface area contributed by atoms with Crippen LogP contribution in [0.25, 0.3) is 0 Å². The second-order valence-corrected chi connectivity index (χ2v) is 6.33. The molecule has 108 valence electrons. The van der Waals surface area contributed by atoms with E-state index in [1.807, 2.05) is 0 Å². The van der Waals surface area contributed by atoms with E-state index in [4.69, 9.17) is 14.3 Å². The number of carbonyl (C=O) groups excluding carboxylic acids is 1. The molecule has 1 aromatic rings. The van der Waals surface area contributed by atoms with Crippen LogP contribution in [-0.4, -0.2) is 34.5 Å². The molecule has 1 atom stereocenters. The number of thioether (sulfide) groups is 1. The zero-order chi connectivity index (χ0) is 14.5. The maximum Gasteiger partial charge on any atom is 0.334 e. The highest BCUT2D eigenvalue weighted by atomic mass is 32.2. The second kappa shape index (κ2) is 6.96. The SMILES string of the molecule is C[C@H](O)C(=O)OCCCSc1ncc(C(C)(C)C)o1. The third-order valence-corrected chi connectivity index (χ3v) is 3.25. The van der Waals surface area contributed by atoms with Gasteiger partial charge in [-0.2, -0.15) is 0 Å². The number of aliphatic hydroxyl groups excluding tert-OH is 1. The van der Waals surface area contributed by atoms with Gasteiger partial charge in [0, 0.05) is 11.2 Å². The third kappa shape index (κ3) is 5.65. The molecule has 19 heavy (non-hydrogen) atoms. The molecule has 0 aliphatic carbocycles. The van der Waals surface area contributed by atoms with E-state index >= 15 is 0 Å². The maximum atomic E-state index is 11.0. The minimum atomic E-state index is -1.06. The number of rotatable bonds is 6. The quantitative estimate of drug-likeness (QED) is 0.492. The summed E-state index contributed by atoms with van der Waals surface area (Å²) >= 11 is 1.49. The molecule has 5 nitrogen and oxygen atoms in total. The first kappa shape index (κ1) is 16.0. The molecule has 1 rings (SSSR count). The van der Waals surface area contributed by atoms with Crippen molar-refractivity contribution in [3.05, 3.63) is 12.0 Å². The van der Waals surface area contributed by atoms with Gasteiger partial charge in [0.25, 0.3) is 5.22 Å². The highest BCUT2D eigenvalue weighted by molar-refractivity contribution is 7.99. The Bertz CT molecular complexity index is 409. The Morgan fingerprint density at radius 3 is 2.79 bits per heavy atom. The first-order valence-electron chi connectivity index (χ1n) is 6.24.